The SMILES string of the molecule is CC(C#N)CNC(=O)c1cc(F)c(F)cc1[N+](=O)[O-]. The second-order valence-corrected chi connectivity index (χ2v) is 3.78. The molecule has 100 valence electrons. The minimum Gasteiger partial charge on any atom is -0.351 e. The van der Waals surface area contributed by atoms with Crippen LogP contribution in [0.15, 0.2) is 12.1 Å². The van der Waals surface area contributed by atoms with E-state index in [2.05, 4.69) is 5.32 Å². The molecule has 8 heteroatoms. The number of nitrogens with zero attached hydrogens (tertiary/aromatic N) is 2. The zero-order valence-corrected chi connectivity index (χ0v) is 9.81. The Morgan fingerprint density at radius 2 is 2.11 bits per heavy atom. The van der Waals surface area contributed by atoms with Crippen molar-refractivity contribution >= 4 is 11.6 Å². The number of nitro benzene ring substituents is 1. The molecule has 0 saturated heterocycles. The summed E-state index contributed by atoms with van der Waals surface area (Å²) in [5, 5.41) is 21.4. The molecule has 1 aromatic carbocycles. The fourth-order valence-electron chi connectivity index (χ4n) is 1.26. The molecular weight excluding hydrogens is 260 g/mol. The summed E-state index contributed by atoms with van der Waals surface area (Å²) in [5.74, 6) is -4.21. The van der Waals surface area contributed by atoms with Crippen molar-refractivity contribution in [2.24, 2.45) is 5.92 Å². The Morgan fingerprint density at radius 1 is 1.53 bits per heavy atom. The second kappa shape index (κ2) is 5.86. The maximum absolute atomic E-state index is 13.0. The summed E-state index contributed by atoms with van der Waals surface area (Å²) in [7, 11) is 0. The van der Waals surface area contributed by atoms with E-state index in [1.807, 2.05) is 6.07 Å². The first-order valence-corrected chi connectivity index (χ1v) is 5.18. The largest absolute Gasteiger partial charge is 0.351 e. The molecule has 1 amide bonds. The van der Waals surface area contributed by atoms with Crippen molar-refractivity contribution in [1.29, 1.82) is 5.26 Å². The van der Waals surface area contributed by atoms with Gasteiger partial charge in [0, 0.05) is 6.54 Å². The van der Waals surface area contributed by atoms with Crippen molar-refractivity contribution in [2.75, 3.05) is 6.54 Å². The van der Waals surface area contributed by atoms with Crippen molar-refractivity contribution in [3.8, 4) is 6.07 Å². The van der Waals surface area contributed by atoms with E-state index in [-0.39, 0.29) is 6.54 Å². The van der Waals surface area contributed by atoms with Crippen LogP contribution in [0.4, 0.5) is 14.5 Å². The van der Waals surface area contributed by atoms with Crippen LogP contribution in [0.5, 0.6) is 0 Å². The van der Waals surface area contributed by atoms with Crippen molar-refractivity contribution in [3.63, 3.8) is 0 Å². The number of hydrogen-bond acceptors (Lipinski definition) is 4. The van der Waals surface area contributed by atoms with Gasteiger partial charge in [0.15, 0.2) is 11.6 Å². The third-order valence-corrected chi connectivity index (χ3v) is 2.27. The van der Waals surface area contributed by atoms with Crippen LogP contribution in [0.3, 0.4) is 0 Å². The van der Waals surface area contributed by atoms with E-state index in [9.17, 15) is 23.7 Å². The van der Waals surface area contributed by atoms with Crippen molar-refractivity contribution in [1.82, 2.24) is 5.32 Å². The monoisotopic (exact) mass is 269 g/mol. The number of nitro groups is 1. The van der Waals surface area contributed by atoms with Crippen LogP contribution in [0.25, 0.3) is 0 Å². The van der Waals surface area contributed by atoms with Gasteiger partial charge in [0.05, 0.1) is 23.0 Å². The third kappa shape index (κ3) is 3.45. The highest BCUT2D eigenvalue weighted by molar-refractivity contribution is 5.98. The molecule has 1 atom stereocenters. The van der Waals surface area contributed by atoms with Crippen LogP contribution in [-0.2, 0) is 0 Å². The number of halogens is 2. The first-order chi connectivity index (χ1) is 8.86. The number of nitrogens with one attached hydrogen (secondary N) is 1. The zero-order chi connectivity index (χ0) is 14.6. The highest BCUT2D eigenvalue weighted by Crippen LogP contribution is 2.22. The summed E-state index contributed by atoms with van der Waals surface area (Å²) in [6.07, 6.45) is 0. The quantitative estimate of drug-likeness (QED) is 0.665. The molecule has 1 unspecified atom stereocenters. The molecule has 19 heavy (non-hydrogen) atoms. The Balaban J connectivity index is 3.05. The molecule has 0 heterocycles. The van der Waals surface area contributed by atoms with Gasteiger partial charge in [-0.25, -0.2) is 8.78 Å². The van der Waals surface area contributed by atoms with Crippen molar-refractivity contribution < 1.29 is 18.5 Å². The number of carbonyl (C=O) groups excluding carboxylic acids is 1. The van der Waals surface area contributed by atoms with Gasteiger partial charge in [-0.3, -0.25) is 14.9 Å². The predicted octanol–water partition coefficient (Wildman–Crippen LogP) is 1.76. The molecule has 0 radical (unpaired) electrons. The lowest BCUT2D eigenvalue weighted by molar-refractivity contribution is -0.385. The third-order valence-electron chi connectivity index (χ3n) is 2.27. The Bertz CT molecular complexity index is 569. The van der Waals surface area contributed by atoms with Gasteiger partial charge in [0.2, 0.25) is 0 Å². The highest BCUT2D eigenvalue weighted by atomic mass is 19.2. The molecule has 1 rings (SSSR count). The number of rotatable bonds is 4. The van der Waals surface area contributed by atoms with Gasteiger partial charge in [0.25, 0.3) is 11.6 Å². The molecule has 0 aliphatic carbocycles. The summed E-state index contributed by atoms with van der Waals surface area (Å²) in [6, 6.07) is 2.65. The fourth-order valence-corrected chi connectivity index (χ4v) is 1.26. The topological polar surface area (TPSA) is 96.0 Å². The fraction of sp³-hybridized carbons (Fsp3) is 0.273. The first-order valence-electron chi connectivity index (χ1n) is 5.18. The summed E-state index contributed by atoms with van der Waals surface area (Å²) in [5.41, 5.74) is -1.42. The van der Waals surface area contributed by atoms with Gasteiger partial charge >= 0.3 is 0 Å². The van der Waals surface area contributed by atoms with Crippen LogP contribution >= 0.6 is 0 Å². The van der Waals surface area contributed by atoms with Crippen LogP contribution in [-0.4, -0.2) is 17.4 Å². The standard InChI is InChI=1S/C11H9F2N3O3/c1-6(4-14)5-15-11(17)7-2-8(12)9(13)3-10(7)16(18)19/h2-3,6H,5H2,1H3,(H,15,17). The number of benzene rings is 1. The number of amides is 1. The summed E-state index contributed by atoms with van der Waals surface area (Å²) in [4.78, 5) is 21.3. The normalized spacial score (nSPS) is 11.5. The summed E-state index contributed by atoms with van der Waals surface area (Å²) >= 11 is 0. The lowest BCUT2D eigenvalue weighted by Crippen LogP contribution is -2.28. The minimum absolute atomic E-state index is 0.0501. The highest BCUT2D eigenvalue weighted by Gasteiger charge is 2.23. The summed E-state index contributed by atoms with van der Waals surface area (Å²) in [6.45, 7) is 1.48. The lowest BCUT2D eigenvalue weighted by Gasteiger charge is -2.07. The van der Waals surface area contributed by atoms with E-state index in [4.69, 9.17) is 5.26 Å². The number of carbonyl (C=O) groups is 1. The maximum atomic E-state index is 13.0. The number of nitriles is 1. The predicted molar refractivity (Wildman–Crippen MR) is 60.1 cm³/mol. The Labute approximate surface area is 106 Å². The van der Waals surface area contributed by atoms with Crippen molar-refractivity contribution in [2.45, 2.75) is 6.92 Å². The molecule has 0 aliphatic rings. The van der Waals surface area contributed by atoms with E-state index in [1.165, 1.54) is 6.92 Å². The zero-order valence-electron chi connectivity index (χ0n) is 9.81. The molecular formula is C11H9F2N3O3. The van der Waals surface area contributed by atoms with E-state index < -0.39 is 39.6 Å². The van der Waals surface area contributed by atoms with E-state index in [0.717, 1.165) is 0 Å². The molecule has 1 aromatic rings. The maximum Gasteiger partial charge on any atom is 0.285 e. The first kappa shape index (κ1) is 14.5. The Hall–Kier alpha value is -2.56. The smallest absolute Gasteiger partial charge is 0.285 e. The molecule has 0 fully saturated rings. The van der Waals surface area contributed by atoms with E-state index in [1.54, 1.807) is 0 Å². The summed E-state index contributed by atoms with van der Waals surface area (Å²) < 4.78 is 25.9. The lowest BCUT2D eigenvalue weighted by atomic mass is 10.1. The van der Waals surface area contributed by atoms with Gasteiger partial charge in [-0.2, -0.15) is 5.26 Å². The molecule has 0 bridgehead atoms. The molecule has 1 N–H and O–H groups in total. The Kier molecular flexibility index (Phi) is 4.47. The second-order valence-electron chi connectivity index (χ2n) is 3.78. The van der Waals surface area contributed by atoms with Crippen LogP contribution < -0.4 is 5.32 Å². The van der Waals surface area contributed by atoms with Gasteiger partial charge in [-0.05, 0) is 13.0 Å². The van der Waals surface area contributed by atoms with Gasteiger partial charge in [0.1, 0.15) is 5.56 Å². The van der Waals surface area contributed by atoms with Crippen LogP contribution in [0, 0.1) is 39.0 Å². The van der Waals surface area contributed by atoms with Gasteiger partial charge < -0.3 is 5.32 Å². The average molecular weight is 269 g/mol. The number of hydrogen-bond donors (Lipinski definition) is 1. The molecule has 0 aromatic heterocycles. The van der Waals surface area contributed by atoms with Crippen molar-refractivity contribution in [3.05, 3.63) is 39.4 Å². The Morgan fingerprint density at radius 3 is 2.63 bits per heavy atom. The minimum atomic E-state index is -1.41. The van der Waals surface area contributed by atoms with Crippen LogP contribution in [0.1, 0.15) is 17.3 Å². The molecule has 0 aliphatic heterocycles. The van der Waals surface area contributed by atoms with Gasteiger partial charge in [-0.15, -0.1) is 0 Å². The van der Waals surface area contributed by atoms with Crippen LogP contribution in [0.2, 0.25) is 0 Å². The molecule has 0 spiro atoms. The molecule has 6 nitrogen and oxygen atoms in total. The average Bonchev–Trinajstić information content (AvgIpc) is 2.37. The van der Waals surface area contributed by atoms with E-state index >= 15 is 0 Å². The van der Waals surface area contributed by atoms with E-state index in [0.29, 0.717) is 12.1 Å². The van der Waals surface area contributed by atoms with Gasteiger partial charge in [-0.1, -0.05) is 0 Å². The molecule has 0 saturated carbocycles.